The number of cyclic esters (lactones) is 1. The van der Waals surface area contributed by atoms with Crippen molar-refractivity contribution in [1.29, 1.82) is 0 Å². The Labute approximate surface area is 133 Å². The van der Waals surface area contributed by atoms with E-state index in [1.54, 1.807) is 18.2 Å². The second-order valence-electron chi connectivity index (χ2n) is 5.19. The minimum atomic E-state index is -0.896. The van der Waals surface area contributed by atoms with Crippen molar-refractivity contribution in [2.45, 2.75) is 38.5 Å². The van der Waals surface area contributed by atoms with Crippen LogP contribution in [0.1, 0.15) is 25.3 Å². The normalized spacial score (nSPS) is 20.3. The summed E-state index contributed by atoms with van der Waals surface area (Å²) in [7, 11) is 1.23. The Morgan fingerprint density at radius 3 is 2.74 bits per heavy atom. The Kier molecular flexibility index (Phi) is 5.15. The quantitative estimate of drug-likeness (QED) is 0.452. The van der Waals surface area contributed by atoms with Crippen LogP contribution in [0.25, 0.3) is 0 Å². The number of benzene rings is 1. The van der Waals surface area contributed by atoms with Crippen molar-refractivity contribution < 1.29 is 24.0 Å². The first kappa shape index (κ1) is 16.7. The van der Waals surface area contributed by atoms with Gasteiger partial charge in [0.2, 0.25) is 0 Å². The van der Waals surface area contributed by atoms with Crippen LogP contribution in [0.2, 0.25) is 0 Å². The number of rotatable bonds is 6. The molecule has 1 aliphatic heterocycles. The highest BCUT2D eigenvalue weighted by atomic mass is 16.6. The molecular weight excluding hydrogens is 304 g/mol. The molecule has 0 radical (unpaired) electrons. The maximum Gasteiger partial charge on any atom is 0.411 e. The number of esters is 1. The maximum atomic E-state index is 12.1. The molecule has 1 aromatic rings. The summed E-state index contributed by atoms with van der Waals surface area (Å²) in [6.07, 6.45) is -0.0383. The lowest BCUT2D eigenvalue weighted by molar-refractivity contribution is -0.385. The lowest BCUT2D eigenvalue weighted by Gasteiger charge is -2.22. The summed E-state index contributed by atoms with van der Waals surface area (Å²) < 4.78 is 10.00. The number of carbonyl (C=O) groups is 2. The molecule has 1 amide bonds. The average molecular weight is 322 g/mol. The number of nitro groups is 1. The maximum absolute atomic E-state index is 12.1. The van der Waals surface area contributed by atoms with Gasteiger partial charge in [-0.2, -0.15) is 0 Å². The fourth-order valence-corrected chi connectivity index (χ4v) is 2.65. The van der Waals surface area contributed by atoms with E-state index in [-0.39, 0.29) is 12.2 Å². The number of hydrogen-bond donors (Lipinski definition) is 0. The highest BCUT2D eigenvalue weighted by Gasteiger charge is 2.46. The van der Waals surface area contributed by atoms with Crippen LogP contribution >= 0.6 is 0 Å². The van der Waals surface area contributed by atoms with Gasteiger partial charge in [0.25, 0.3) is 5.69 Å². The van der Waals surface area contributed by atoms with Crippen LogP contribution in [-0.4, -0.2) is 41.1 Å². The minimum Gasteiger partial charge on any atom is -0.467 e. The first-order valence-electron chi connectivity index (χ1n) is 7.27. The number of nitrogens with zero attached hydrogens (tertiary/aromatic N) is 2. The molecule has 0 saturated carbocycles. The second kappa shape index (κ2) is 7.08. The zero-order valence-electron chi connectivity index (χ0n) is 12.9. The molecule has 0 N–H and O–H groups in total. The predicted octanol–water partition coefficient (Wildman–Crippen LogP) is 2.26. The number of hydrogen-bond acceptors (Lipinski definition) is 6. The van der Waals surface area contributed by atoms with E-state index < -0.39 is 29.1 Å². The van der Waals surface area contributed by atoms with Gasteiger partial charge in [-0.25, -0.2) is 9.59 Å². The Bertz CT molecular complexity index is 618. The van der Waals surface area contributed by atoms with Gasteiger partial charge in [-0.3, -0.25) is 15.0 Å². The molecule has 8 nitrogen and oxygen atoms in total. The summed E-state index contributed by atoms with van der Waals surface area (Å²) in [6, 6.07) is 5.19. The third-order valence-corrected chi connectivity index (χ3v) is 3.72. The van der Waals surface area contributed by atoms with Crippen LogP contribution in [-0.2, 0) is 20.8 Å². The Morgan fingerprint density at radius 1 is 1.43 bits per heavy atom. The Hall–Kier alpha value is -2.64. The predicted molar refractivity (Wildman–Crippen MR) is 79.6 cm³/mol. The molecule has 8 heteroatoms. The molecule has 0 bridgehead atoms. The SMILES string of the molecule is CCC[C@@H]1OC(=O)N(Cc2ccccc2[N+](=O)[O-])[C@H]1C(=O)OC. The Balaban J connectivity index is 2.31. The number of ether oxygens (including phenoxy) is 2. The van der Waals surface area contributed by atoms with Gasteiger partial charge in [0.1, 0.15) is 6.10 Å². The molecule has 0 aliphatic carbocycles. The van der Waals surface area contributed by atoms with Crippen molar-refractivity contribution >= 4 is 17.7 Å². The van der Waals surface area contributed by atoms with Gasteiger partial charge in [-0.1, -0.05) is 31.5 Å². The van der Waals surface area contributed by atoms with E-state index in [1.165, 1.54) is 18.1 Å². The van der Waals surface area contributed by atoms with Crippen LogP contribution in [0, 0.1) is 10.1 Å². The number of methoxy groups -OCH3 is 1. The van der Waals surface area contributed by atoms with E-state index in [0.29, 0.717) is 12.0 Å². The molecule has 0 unspecified atom stereocenters. The topological polar surface area (TPSA) is 99.0 Å². The molecule has 124 valence electrons. The van der Waals surface area contributed by atoms with Crippen LogP contribution in [0.15, 0.2) is 24.3 Å². The van der Waals surface area contributed by atoms with Crippen LogP contribution in [0.3, 0.4) is 0 Å². The van der Waals surface area contributed by atoms with E-state index in [4.69, 9.17) is 9.47 Å². The molecule has 1 aromatic carbocycles. The van der Waals surface area contributed by atoms with Gasteiger partial charge in [0.15, 0.2) is 6.04 Å². The van der Waals surface area contributed by atoms with Crippen molar-refractivity contribution in [3.05, 3.63) is 39.9 Å². The van der Waals surface area contributed by atoms with Gasteiger partial charge in [-0.05, 0) is 6.42 Å². The minimum absolute atomic E-state index is 0.0873. The summed E-state index contributed by atoms with van der Waals surface area (Å²) in [5.41, 5.74) is 0.225. The molecule has 1 aliphatic rings. The van der Waals surface area contributed by atoms with Gasteiger partial charge < -0.3 is 9.47 Å². The zero-order valence-corrected chi connectivity index (χ0v) is 12.9. The standard InChI is InChI=1S/C15H18N2O6/c1-3-6-12-13(14(18)22-2)16(15(19)23-12)9-10-7-4-5-8-11(10)17(20)21/h4-5,7-8,12-13H,3,6,9H2,1-2H3/t12-,13+/m0/s1. The van der Waals surface area contributed by atoms with Gasteiger partial charge in [-0.15, -0.1) is 0 Å². The smallest absolute Gasteiger partial charge is 0.411 e. The van der Waals surface area contributed by atoms with Crippen molar-refractivity contribution in [2.75, 3.05) is 7.11 Å². The van der Waals surface area contributed by atoms with E-state index in [0.717, 1.165) is 6.42 Å². The van der Waals surface area contributed by atoms with Crippen LogP contribution in [0.5, 0.6) is 0 Å². The molecule has 1 fully saturated rings. The second-order valence-corrected chi connectivity index (χ2v) is 5.19. The lowest BCUT2D eigenvalue weighted by Crippen LogP contribution is -2.43. The van der Waals surface area contributed by atoms with E-state index in [9.17, 15) is 19.7 Å². The lowest BCUT2D eigenvalue weighted by atomic mass is 10.1. The third-order valence-electron chi connectivity index (χ3n) is 3.72. The number of amides is 1. The monoisotopic (exact) mass is 322 g/mol. The summed E-state index contributed by atoms with van der Waals surface area (Å²) in [4.78, 5) is 35.9. The molecular formula is C15H18N2O6. The first-order valence-corrected chi connectivity index (χ1v) is 7.27. The summed E-state index contributed by atoms with van der Waals surface area (Å²) in [5.74, 6) is -0.590. The molecule has 0 spiro atoms. The summed E-state index contributed by atoms with van der Waals surface area (Å²) in [5, 5.41) is 11.1. The van der Waals surface area contributed by atoms with Gasteiger partial charge in [0.05, 0.1) is 18.6 Å². The molecule has 2 rings (SSSR count). The first-order chi connectivity index (χ1) is 11.0. The van der Waals surface area contributed by atoms with Crippen molar-refractivity contribution in [2.24, 2.45) is 0 Å². The van der Waals surface area contributed by atoms with Crippen molar-refractivity contribution in [3.63, 3.8) is 0 Å². The fourth-order valence-electron chi connectivity index (χ4n) is 2.65. The molecule has 23 heavy (non-hydrogen) atoms. The number of carbonyl (C=O) groups excluding carboxylic acids is 2. The number of nitro benzene ring substituents is 1. The zero-order chi connectivity index (χ0) is 17.0. The van der Waals surface area contributed by atoms with E-state index in [2.05, 4.69) is 0 Å². The fraction of sp³-hybridized carbons (Fsp3) is 0.467. The summed E-state index contributed by atoms with van der Waals surface area (Å²) in [6.45, 7) is 1.82. The molecule has 1 heterocycles. The Morgan fingerprint density at radius 2 is 2.13 bits per heavy atom. The largest absolute Gasteiger partial charge is 0.467 e. The van der Waals surface area contributed by atoms with Crippen LogP contribution < -0.4 is 0 Å². The highest BCUT2D eigenvalue weighted by molar-refractivity contribution is 5.85. The number of para-hydroxylation sites is 1. The third kappa shape index (κ3) is 3.41. The van der Waals surface area contributed by atoms with E-state index in [1.807, 2.05) is 6.92 Å². The van der Waals surface area contributed by atoms with Gasteiger partial charge >= 0.3 is 12.1 Å². The van der Waals surface area contributed by atoms with Crippen LogP contribution in [0.4, 0.5) is 10.5 Å². The summed E-state index contributed by atoms with van der Waals surface area (Å²) >= 11 is 0. The van der Waals surface area contributed by atoms with Crippen molar-refractivity contribution in [3.8, 4) is 0 Å². The van der Waals surface area contributed by atoms with E-state index >= 15 is 0 Å². The molecule has 0 aromatic heterocycles. The average Bonchev–Trinajstić information content (AvgIpc) is 2.83. The van der Waals surface area contributed by atoms with Gasteiger partial charge in [0, 0.05) is 11.6 Å². The van der Waals surface area contributed by atoms with Crippen molar-refractivity contribution in [1.82, 2.24) is 4.90 Å². The molecule has 1 saturated heterocycles. The molecule has 2 atom stereocenters. The highest BCUT2D eigenvalue weighted by Crippen LogP contribution is 2.28.